The van der Waals surface area contributed by atoms with Gasteiger partial charge in [0.15, 0.2) is 0 Å². The van der Waals surface area contributed by atoms with Gasteiger partial charge in [-0.25, -0.2) is 0 Å². The fraction of sp³-hybridized carbons (Fsp3) is 0. The average Bonchev–Trinajstić information content (AvgIpc) is 3.83. The fourth-order valence-corrected chi connectivity index (χ4v) is 9.53. The van der Waals surface area contributed by atoms with E-state index in [1.807, 2.05) is 11.3 Å². The number of nitrogens with zero attached hydrogens (tertiary/aromatic N) is 1. The van der Waals surface area contributed by atoms with Crippen molar-refractivity contribution in [2.45, 2.75) is 0 Å². The molecule has 11 rings (SSSR count). The Hall–Kier alpha value is -6.94. The van der Waals surface area contributed by atoms with Gasteiger partial charge in [0.2, 0.25) is 0 Å². The second kappa shape index (κ2) is 12.9. The summed E-state index contributed by atoms with van der Waals surface area (Å²) in [5, 5.41) is 7.10. The van der Waals surface area contributed by atoms with Crippen LogP contribution in [0.4, 0.5) is 17.1 Å². The maximum Gasteiger partial charge on any atom is 0.137 e. The maximum atomic E-state index is 6.71. The number of rotatable bonds is 6. The van der Waals surface area contributed by atoms with Crippen molar-refractivity contribution in [3.63, 3.8) is 0 Å². The molecule has 0 spiro atoms. The van der Waals surface area contributed by atoms with Gasteiger partial charge < -0.3 is 9.32 Å². The van der Waals surface area contributed by atoms with Gasteiger partial charge in [0.1, 0.15) is 11.2 Å². The lowest BCUT2D eigenvalue weighted by atomic mass is 9.98. The van der Waals surface area contributed by atoms with Crippen LogP contribution < -0.4 is 4.90 Å². The van der Waals surface area contributed by atoms with E-state index in [0.717, 1.165) is 44.6 Å². The van der Waals surface area contributed by atoms with Crippen LogP contribution >= 0.6 is 11.3 Å². The fourth-order valence-electron chi connectivity index (χ4n) is 8.23. The SMILES string of the molecule is c1ccc(-c2ccc3c(c2)oc2cc(N(c4cccc5ccccc45)c4ccc(-c5ccccc5)c5sc6cc(-c7ccccc7)ccc6c45)ccc23)cc1. The molecule has 0 unspecified atom stereocenters. The number of hydrogen-bond donors (Lipinski definition) is 0. The lowest BCUT2D eigenvalue weighted by Crippen LogP contribution is -2.11. The van der Waals surface area contributed by atoms with Crippen LogP contribution in [0.5, 0.6) is 0 Å². The number of hydrogen-bond acceptors (Lipinski definition) is 3. The summed E-state index contributed by atoms with van der Waals surface area (Å²) >= 11 is 1.88. The normalized spacial score (nSPS) is 11.6. The molecule has 9 aromatic carbocycles. The van der Waals surface area contributed by atoms with Crippen molar-refractivity contribution < 1.29 is 4.42 Å². The third-order valence-corrected chi connectivity index (χ3v) is 12.0. The van der Waals surface area contributed by atoms with Crippen molar-refractivity contribution in [2.24, 2.45) is 0 Å². The van der Waals surface area contributed by atoms with E-state index in [0.29, 0.717) is 0 Å². The van der Waals surface area contributed by atoms with E-state index in [4.69, 9.17) is 4.42 Å². The smallest absolute Gasteiger partial charge is 0.137 e. The van der Waals surface area contributed by atoms with Gasteiger partial charge in [0.05, 0.1) is 11.4 Å². The van der Waals surface area contributed by atoms with Gasteiger partial charge in [-0.2, -0.15) is 0 Å². The second-order valence-corrected chi connectivity index (χ2v) is 15.1. The Morgan fingerprint density at radius 2 is 0.982 bits per heavy atom. The van der Waals surface area contributed by atoms with E-state index in [1.54, 1.807) is 0 Å². The molecule has 0 fully saturated rings. The summed E-state index contributed by atoms with van der Waals surface area (Å²) in [7, 11) is 0. The van der Waals surface area contributed by atoms with Crippen LogP contribution in [-0.2, 0) is 0 Å². The molecule has 3 heteroatoms. The third-order valence-electron chi connectivity index (χ3n) is 10.9. The topological polar surface area (TPSA) is 16.4 Å². The van der Waals surface area contributed by atoms with Crippen molar-refractivity contribution >= 4 is 81.3 Å². The number of anilines is 3. The summed E-state index contributed by atoms with van der Waals surface area (Å²) in [6.07, 6.45) is 0. The van der Waals surface area contributed by atoms with Gasteiger partial charge in [-0.05, 0) is 81.2 Å². The first-order chi connectivity index (χ1) is 27.3. The molecular formula is C52H33NOS. The molecule has 0 amide bonds. The first kappa shape index (κ1) is 31.6. The summed E-state index contributed by atoms with van der Waals surface area (Å²) in [6.45, 7) is 0. The molecule has 55 heavy (non-hydrogen) atoms. The Morgan fingerprint density at radius 1 is 0.382 bits per heavy atom. The molecular weight excluding hydrogens is 687 g/mol. The minimum absolute atomic E-state index is 0.864. The maximum absolute atomic E-state index is 6.71. The molecule has 2 nitrogen and oxygen atoms in total. The first-order valence-corrected chi connectivity index (χ1v) is 19.5. The standard InChI is InChI=1S/C52H33NOS/c1-4-13-34(14-5-1)38-23-26-43-44-28-25-40(33-49(44)54-48(43)31-38)53(46-22-12-20-36-19-10-11-21-41(36)46)47-30-29-42(37-17-8-3-9-18-37)52-51(47)45-27-24-39(32-50(45)55-52)35-15-6-2-7-16-35/h1-33H. The molecule has 2 aromatic heterocycles. The molecule has 0 saturated carbocycles. The minimum Gasteiger partial charge on any atom is -0.456 e. The van der Waals surface area contributed by atoms with Crippen LogP contribution in [0.25, 0.3) is 86.3 Å². The zero-order chi connectivity index (χ0) is 36.3. The van der Waals surface area contributed by atoms with Crippen molar-refractivity contribution in [1.29, 1.82) is 0 Å². The van der Waals surface area contributed by atoms with Crippen LogP contribution in [-0.4, -0.2) is 0 Å². The Morgan fingerprint density at radius 3 is 1.73 bits per heavy atom. The van der Waals surface area contributed by atoms with E-state index in [1.165, 1.54) is 58.8 Å². The molecule has 0 saturated heterocycles. The summed E-state index contributed by atoms with van der Waals surface area (Å²) in [5.41, 5.74) is 12.3. The van der Waals surface area contributed by atoms with Gasteiger partial charge in [-0.15, -0.1) is 11.3 Å². The lowest BCUT2D eigenvalue weighted by molar-refractivity contribution is 0.669. The predicted octanol–water partition coefficient (Wildman–Crippen LogP) is 15.6. The van der Waals surface area contributed by atoms with E-state index in [2.05, 4.69) is 205 Å². The molecule has 0 bridgehead atoms. The Bertz CT molecular complexity index is 3190. The lowest BCUT2D eigenvalue weighted by Gasteiger charge is -2.28. The van der Waals surface area contributed by atoms with Gasteiger partial charge in [-0.3, -0.25) is 0 Å². The van der Waals surface area contributed by atoms with Crippen LogP contribution in [0.1, 0.15) is 0 Å². The number of benzene rings is 9. The van der Waals surface area contributed by atoms with E-state index >= 15 is 0 Å². The molecule has 0 aliphatic rings. The Labute approximate surface area is 322 Å². The average molecular weight is 720 g/mol. The Kier molecular flexibility index (Phi) is 7.39. The quantitative estimate of drug-likeness (QED) is 0.170. The van der Waals surface area contributed by atoms with Gasteiger partial charge in [-0.1, -0.05) is 152 Å². The number of furan rings is 1. The first-order valence-electron chi connectivity index (χ1n) is 18.7. The van der Waals surface area contributed by atoms with Crippen LogP contribution in [0.3, 0.4) is 0 Å². The van der Waals surface area contributed by atoms with E-state index in [9.17, 15) is 0 Å². The highest BCUT2D eigenvalue weighted by molar-refractivity contribution is 7.26. The zero-order valence-electron chi connectivity index (χ0n) is 29.8. The molecule has 0 atom stereocenters. The van der Waals surface area contributed by atoms with Crippen LogP contribution in [0.2, 0.25) is 0 Å². The molecule has 0 aliphatic heterocycles. The van der Waals surface area contributed by atoms with Crippen molar-refractivity contribution in [2.75, 3.05) is 4.90 Å². The largest absolute Gasteiger partial charge is 0.456 e. The Balaban J connectivity index is 1.18. The van der Waals surface area contributed by atoms with Crippen molar-refractivity contribution in [1.82, 2.24) is 0 Å². The molecule has 258 valence electrons. The van der Waals surface area contributed by atoms with Crippen LogP contribution in [0, 0.1) is 0 Å². The monoisotopic (exact) mass is 719 g/mol. The highest BCUT2D eigenvalue weighted by Crippen LogP contribution is 2.50. The second-order valence-electron chi connectivity index (χ2n) is 14.1. The van der Waals surface area contributed by atoms with E-state index < -0.39 is 0 Å². The summed E-state index contributed by atoms with van der Waals surface area (Å²) in [6, 6.07) is 72.1. The molecule has 0 N–H and O–H groups in total. The summed E-state index contributed by atoms with van der Waals surface area (Å²) in [4.78, 5) is 2.44. The number of thiophene rings is 1. The highest BCUT2D eigenvalue weighted by atomic mass is 32.1. The minimum atomic E-state index is 0.864. The molecule has 0 aliphatic carbocycles. The van der Waals surface area contributed by atoms with E-state index in [-0.39, 0.29) is 0 Å². The van der Waals surface area contributed by atoms with Gasteiger partial charge in [0.25, 0.3) is 0 Å². The zero-order valence-corrected chi connectivity index (χ0v) is 30.6. The third kappa shape index (κ3) is 5.32. The molecule has 0 radical (unpaired) electrons. The molecule has 11 aromatic rings. The summed E-state index contributed by atoms with van der Waals surface area (Å²) < 4.78 is 9.25. The highest BCUT2D eigenvalue weighted by Gasteiger charge is 2.23. The molecule has 2 heterocycles. The van der Waals surface area contributed by atoms with Crippen molar-refractivity contribution in [3.05, 3.63) is 200 Å². The van der Waals surface area contributed by atoms with Crippen LogP contribution in [0.15, 0.2) is 205 Å². The van der Waals surface area contributed by atoms with Crippen molar-refractivity contribution in [3.8, 4) is 33.4 Å². The van der Waals surface area contributed by atoms with Gasteiger partial charge in [0, 0.05) is 48.1 Å². The number of fused-ring (bicyclic) bond motifs is 7. The predicted molar refractivity (Wildman–Crippen MR) is 235 cm³/mol. The summed E-state index contributed by atoms with van der Waals surface area (Å²) in [5.74, 6) is 0. The van der Waals surface area contributed by atoms with Gasteiger partial charge >= 0.3 is 0 Å².